The van der Waals surface area contributed by atoms with Crippen LogP contribution >= 0.6 is 0 Å². The number of carbonyl (C=O) groups excluding carboxylic acids is 5. The first-order valence-corrected chi connectivity index (χ1v) is 15.0. The first-order valence-electron chi connectivity index (χ1n) is 15.0. The number of Topliss-reactive ketones (excluding diaryl/α,β-unsaturated/α-hetero) is 1. The number of carbonyl (C=O) groups is 6. The highest BCUT2D eigenvalue weighted by atomic mass is 16.4. The van der Waals surface area contributed by atoms with Crippen LogP contribution in [-0.2, 0) is 30.4 Å². The van der Waals surface area contributed by atoms with Crippen LogP contribution < -0.4 is 32.6 Å². The Morgan fingerprint density at radius 2 is 1.50 bits per heavy atom. The minimum Gasteiger partial charge on any atom is -0.508 e. The monoisotopic (exact) mass is 665 g/mol. The van der Waals surface area contributed by atoms with Gasteiger partial charge < -0.3 is 41.6 Å². The van der Waals surface area contributed by atoms with E-state index in [0.717, 1.165) is 0 Å². The van der Waals surface area contributed by atoms with E-state index < -0.39 is 83.1 Å². The molecular weight excluding hydrogens is 626 g/mol. The zero-order valence-corrected chi connectivity index (χ0v) is 27.1. The van der Waals surface area contributed by atoms with Crippen molar-refractivity contribution in [1.29, 1.82) is 0 Å². The SMILES string of the molecule is CC(=O)N[C@@H](Cc1ccc(O)cc1)C(=O)N[C@H](C(=O)N[C@@H](C)C(=O)N[C@@H](CC(=O)O)C(=O)c1c(C)c2ccc(N)cc2oc1=O)C(C)C. The number of nitrogens with two attached hydrogens (primary N) is 1. The molecule has 1 aromatic heterocycles. The Hall–Kier alpha value is -5.73. The molecule has 0 aliphatic carbocycles. The van der Waals surface area contributed by atoms with Crippen molar-refractivity contribution >= 4 is 52.0 Å². The number of nitrogen functional groups attached to an aromatic ring is 1. The standard InChI is InChI=1S/C33H39N5O10/c1-15(2)28(38-31(45)24(36-18(5)39)12-19-6-9-21(40)10-7-19)32(46)35-17(4)30(44)37-23(14-26(41)42)29(43)27-16(3)22-11-8-20(34)13-25(22)48-33(27)47/h6-11,13,15,17,23-24,28,40H,12,14,34H2,1-5H3,(H,35,46)(H,36,39)(H,37,44)(H,38,45)(H,41,42)/t17-,23-,24-,28-/m0/s1. The number of carboxylic acids is 1. The topological polar surface area (TPSA) is 247 Å². The maximum absolute atomic E-state index is 13.5. The second-order valence-electron chi connectivity index (χ2n) is 11.8. The molecule has 4 amide bonds. The number of ketones is 1. The summed E-state index contributed by atoms with van der Waals surface area (Å²) < 4.78 is 5.25. The third-order valence-electron chi connectivity index (χ3n) is 7.52. The van der Waals surface area contributed by atoms with E-state index in [1.165, 1.54) is 51.1 Å². The molecule has 0 bridgehead atoms. The van der Waals surface area contributed by atoms with Crippen LogP contribution in [0.15, 0.2) is 51.7 Å². The van der Waals surface area contributed by atoms with Gasteiger partial charge in [-0.15, -0.1) is 0 Å². The van der Waals surface area contributed by atoms with E-state index in [0.29, 0.717) is 16.6 Å². The van der Waals surface area contributed by atoms with E-state index in [-0.39, 0.29) is 23.3 Å². The van der Waals surface area contributed by atoms with Crippen molar-refractivity contribution in [2.24, 2.45) is 5.92 Å². The molecule has 2 aromatic carbocycles. The molecule has 0 aliphatic rings. The number of phenols is 1. The summed E-state index contributed by atoms with van der Waals surface area (Å²) >= 11 is 0. The van der Waals surface area contributed by atoms with Gasteiger partial charge in [0.2, 0.25) is 23.6 Å². The average Bonchev–Trinajstić information content (AvgIpc) is 2.99. The molecule has 8 N–H and O–H groups in total. The Morgan fingerprint density at radius 3 is 2.08 bits per heavy atom. The average molecular weight is 666 g/mol. The maximum atomic E-state index is 13.5. The first kappa shape index (κ1) is 36.7. The van der Waals surface area contributed by atoms with E-state index in [9.17, 15) is 43.8 Å². The van der Waals surface area contributed by atoms with Crippen LogP contribution in [-0.4, -0.2) is 69.8 Å². The van der Waals surface area contributed by atoms with E-state index in [1.807, 2.05) is 0 Å². The quantitative estimate of drug-likeness (QED) is 0.0725. The van der Waals surface area contributed by atoms with E-state index in [4.69, 9.17) is 10.2 Å². The summed E-state index contributed by atoms with van der Waals surface area (Å²) in [6.07, 6.45) is -0.820. The first-order chi connectivity index (χ1) is 22.5. The molecule has 0 fully saturated rings. The number of anilines is 1. The second-order valence-corrected chi connectivity index (χ2v) is 11.8. The highest BCUT2D eigenvalue weighted by Crippen LogP contribution is 2.23. The third-order valence-corrected chi connectivity index (χ3v) is 7.52. The molecule has 0 aliphatic heterocycles. The lowest BCUT2D eigenvalue weighted by Gasteiger charge is -2.27. The second kappa shape index (κ2) is 15.7. The molecule has 0 spiro atoms. The number of hydrogen-bond acceptors (Lipinski definition) is 10. The number of amides is 4. The predicted octanol–water partition coefficient (Wildman–Crippen LogP) is 0.924. The van der Waals surface area contributed by atoms with Gasteiger partial charge >= 0.3 is 11.6 Å². The summed E-state index contributed by atoms with van der Waals surface area (Å²) in [5, 5.41) is 29.3. The van der Waals surface area contributed by atoms with E-state index in [2.05, 4.69) is 21.3 Å². The lowest BCUT2D eigenvalue weighted by molar-refractivity contribution is -0.138. The molecule has 0 saturated carbocycles. The summed E-state index contributed by atoms with van der Waals surface area (Å²) in [6.45, 7) is 7.30. The number of benzene rings is 2. The van der Waals surface area contributed by atoms with Crippen molar-refractivity contribution in [2.45, 2.75) is 71.6 Å². The van der Waals surface area contributed by atoms with Crippen LogP contribution in [0.1, 0.15) is 55.6 Å². The molecule has 0 unspecified atom stereocenters. The van der Waals surface area contributed by atoms with Gasteiger partial charge in [0.15, 0.2) is 5.78 Å². The van der Waals surface area contributed by atoms with Gasteiger partial charge in [0.25, 0.3) is 0 Å². The molecule has 15 heteroatoms. The molecule has 4 atom stereocenters. The fourth-order valence-electron chi connectivity index (χ4n) is 4.99. The molecule has 0 saturated heterocycles. The minimum atomic E-state index is -1.69. The van der Waals surface area contributed by atoms with Gasteiger partial charge in [-0.25, -0.2) is 4.79 Å². The number of aliphatic carboxylic acids is 1. The third kappa shape index (κ3) is 9.40. The van der Waals surface area contributed by atoms with Crippen molar-refractivity contribution in [2.75, 3.05) is 5.73 Å². The molecule has 256 valence electrons. The van der Waals surface area contributed by atoms with E-state index >= 15 is 0 Å². The summed E-state index contributed by atoms with van der Waals surface area (Å²) in [5.74, 6) is -5.77. The fraction of sp³-hybridized carbons (Fsp3) is 0.364. The van der Waals surface area contributed by atoms with Gasteiger partial charge in [-0.1, -0.05) is 26.0 Å². The number of phenolic OH excluding ortho intramolecular Hbond substituents is 1. The van der Waals surface area contributed by atoms with Gasteiger partial charge in [0.1, 0.15) is 41.1 Å². The Morgan fingerprint density at radius 1 is 0.854 bits per heavy atom. The van der Waals surface area contributed by atoms with Gasteiger partial charge in [-0.2, -0.15) is 0 Å². The summed E-state index contributed by atoms with van der Waals surface area (Å²) in [6, 6.07) is 5.24. The lowest BCUT2D eigenvalue weighted by atomic mass is 9.96. The van der Waals surface area contributed by atoms with Crippen LogP contribution in [0.2, 0.25) is 0 Å². The van der Waals surface area contributed by atoms with E-state index in [1.54, 1.807) is 26.0 Å². The highest BCUT2D eigenvalue weighted by Gasteiger charge is 2.33. The van der Waals surface area contributed by atoms with Crippen molar-refractivity contribution in [3.8, 4) is 5.75 Å². The number of aryl methyl sites for hydroxylation is 1. The Balaban J connectivity index is 1.76. The van der Waals surface area contributed by atoms with Crippen molar-refractivity contribution in [3.63, 3.8) is 0 Å². The number of carboxylic acid groups (broad SMARTS) is 1. The molecule has 48 heavy (non-hydrogen) atoms. The molecule has 0 radical (unpaired) electrons. The van der Waals surface area contributed by atoms with Crippen molar-refractivity contribution in [3.05, 3.63) is 69.6 Å². The van der Waals surface area contributed by atoms with Crippen LogP contribution in [0, 0.1) is 12.8 Å². The molecule has 3 rings (SSSR count). The Bertz CT molecular complexity index is 1780. The van der Waals surface area contributed by atoms with Gasteiger partial charge in [0.05, 0.1) is 6.42 Å². The zero-order valence-electron chi connectivity index (χ0n) is 27.1. The smallest absolute Gasteiger partial charge is 0.347 e. The zero-order chi connectivity index (χ0) is 35.9. The largest absolute Gasteiger partial charge is 0.508 e. The maximum Gasteiger partial charge on any atom is 0.347 e. The van der Waals surface area contributed by atoms with Crippen LogP contribution in [0.25, 0.3) is 11.0 Å². The van der Waals surface area contributed by atoms with Crippen LogP contribution in [0.5, 0.6) is 5.75 Å². The van der Waals surface area contributed by atoms with Gasteiger partial charge in [-0.3, -0.25) is 28.8 Å². The van der Waals surface area contributed by atoms with Gasteiger partial charge in [0, 0.05) is 30.5 Å². The van der Waals surface area contributed by atoms with Crippen LogP contribution in [0.3, 0.4) is 0 Å². The van der Waals surface area contributed by atoms with Crippen molar-refractivity contribution < 1.29 is 43.4 Å². The number of rotatable bonds is 14. The molecular formula is C33H39N5O10. The molecule has 3 aromatic rings. The number of hydrogen-bond donors (Lipinski definition) is 7. The Labute approximate surface area is 275 Å². The highest BCUT2D eigenvalue weighted by molar-refractivity contribution is 6.07. The lowest BCUT2D eigenvalue weighted by Crippen LogP contribution is -2.58. The van der Waals surface area contributed by atoms with Crippen molar-refractivity contribution in [1.82, 2.24) is 21.3 Å². The number of fused-ring (bicyclic) bond motifs is 1. The van der Waals surface area contributed by atoms with Gasteiger partial charge in [-0.05, 0) is 55.2 Å². The summed E-state index contributed by atoms with van der Waals surface area (Å²) in [5.41, 5.74) is 5.54. The fourth-order valence-corrected chi connectivity index (χ4v) is 4.99. The Kier molecular flexibility index (Phi) is 12.0. The predicted molar refractivity (Wildman–Crippen MR) is 174 cm³/mol. The molecule has 15 nitrogen and oxygen atoms in total. The van der Waals surface area contributed by atoms with Crippen LogP contribution in [0.4, 0.5) is 5.69 Å². The normalized spacial score (nSPS) is 13.5. The summed E-state index contributed by atoms with van der Waals surface area (Å²) in [4.78, 5) is 89.4. The number of nitrogens with one attached hydrogen (secondary N) is 4. The molecule has 1 heterocycles. The minimum absolute atomic E-state index is 0.0214. The summed E-state index contributed by atoms with van der Waals surface area (Å²) in [7, 11) is 0. The number of aromatic hydroxyl groups is 1.